The highest BCUT2D eigenvalue weighted by atomic mass is 16.5. The van der Waals surface area contributed by atoms with Crippen LogP contribution in [0.25, 0.3) is 11.0 Å². The van der Waals surface area contributed by atoms with Gasteiger partial charge in [0.15, 0.2) is 0 Å². The first kappa shape index (κ1) is 18.2. The van der Waals surface area contributed by atoms with Crippen molar-refractivity contribution in [3.05, 3.63) is 70.1 Å². The Bertz CT molecular complexity index is 1070. The first-order valence-corrected chi connectivity index (χ1v) is 8.34. The number of anilines is 1. The molecule has 7 heteroatoms. The Kier molecular flexibility index (Phi) is 5.21. The maximum Gasteiger partial charge on any atom is 0.349 e. The molecule has 0 radical (unpaired) electrons. The average Bonchev–Trinajstić information content (AvgIpc) is 2.66. The molecule has 0 saturated carbocycles. The highest BCUT2D eigenvalue weighted by Gasteiger charge is 2.17. The minimum atomic E-state index is -1.14. The largest absolute Gasteiger partial charge is 0.491 e. The molecule has 0 aliphatic carbocycles. The number of amides is 1. The highest BCUT2D eigenvalue weighted by molar-refractivity contribution is 6.06. The van der Waals surface area contributed by atoms with E-state index in [1.54, 1.807) is 24.3 Å². The molecule has 0 bridgehead atoms. The number of carbonyl (C=O) groups is 2. The van der Waals surface area contributed by atoms with Gasteiger partial charge in [-0.2, -0.15) is 0 Å². The first-order valence-electron chi connectivity index (χ1n) is 8.34. The van der Waals surface area contributed by atoms with Gasteiger partial charge in [0.25, 0.3) is 5.91 Å². The van der Waals surface area contributed by atoms with Crippen LogP contribution >= 0.6 is 0 Å². The third kappa shape index (κ3) is 3.98. The summed E-state index contributed by atoms with van der Waals surface area (Å²) in [5, 5.41) is 12.3. The fourth-order valence-electron chi connectivity index (χ4n) is 2.51. The maximum atomic E-state index is 12.6. The summed E-state index contributed by atoms with van der Waals surface area (Å²) >= 11 is 0. The van der Waals surface area contributed by atoms with Crippen molar-refractivity contribution in [2.24, 2.45) is 0 Å². The minimum absolute atomic E-state index is 0.0142. The molecule has 2 aromatic carbocycles. The van der Waals surface area contributed by atoms with E-state index in [0.717, 1.165) is 6.42 Å². The number of carboxylic acids is 1. The summed E-state index contributed by atoms with van der Waals surface area (Å²) in [6.45, 7) is 2.32. The molecule has 0 atom stereocenters. The predicted octanol–water partition coefficient (Wildman–Crippen LogP) is 3.53. The van der Waals surface area contributed by atoms with Crippen LogP contribution < -0.4 is 15.7 Å². The predicted molar refractivity (Wildman–Crippen MR) is 99.6 cm³/mol. The molecular weight excluding hydrogens is 350 g/mol. The number of hydrogen-bond donors (Lipinski definition) is 2. The van der Waals surface area contributed by atoms with Crippen molar-refractivity contribution in [1.82, 2.24) is 0 Å². The number of para-hydroxylation sites is 1. The fraction of sp³-hybridized carbons (Fsp3) is 0.150. The van der Waals surface area contributed by atoms with Crippen LogP contribution in [0, 0.1) is 0 Å². The van der Waals surface area contributed by atoms with E-state index < -0.39 is 17.5 Å². The summed E-state index contributed by atoms with van der Waals surface area (Å²) in [4.78, 5) is 36.0. The molecule has 1 amide bonds. The molecule has 0 saturated heterocycles. The van der Waals surface area contributed by atoms with Crippen LogP contribution in [0.15, 0.2) is 57.7 Å². The summed E-state index contributed by atoms with van der Waals surface area (Å²) in [7, 11) is 0. The molecule has 3 rings (SSSR count). The quantitative estimate of drug-likeness (QED) is 0.646. The van der Waals surface area contributed by atoms with Gasteiger partial charge >= 0.3 is 11.6 Å². The lowest BCUT2D eigenvalue weighted by molar-refractivity contribution is 0.0696. The Hall–Kier alpha value is -3.61. The van der Waals surface area contributed by atoms with Gasteiger partial charge in [-0.05, 0) is 36.8 Å². The molecule has 7 nitrogen and oxygen atoms in total. The maximum absolute atomic E-state index is 12.6. The van der Waals surface area contributed by atoms with Gasteiger partial charge in [-0.25, -0.2) is 9.59 Å². The summed E-state index contributed by atoms with van der Waals surface area (Å²) < 4.78 is 10.7. The zero-order valence-corrected chi connectivity index (χ0v) is 14.5. The summed E-state index contributed by atoms with van der Waals surface area (Å²) in [6.07, 6.45) is 0.738. The van der Waals surface area contributed by atoms with Crippen molar-refractivity contribution < 1.29 is 23.8 Å². The summed E-state index contributed by atoms with van der Waals surface area (Å²) in [5.41, 5.74) is -0.438. The van der Waals surface area contributed by atoms with Crippen molar-refractivity contribution in [3.63, 3.8) is 0 Å². The van der Waals surface area contributed by atoms with Crippen molar-refractivity contribution in [2.75, 3.05) is 11.9 Å². The van der Waals surface area contributed by atoms with E-state index in [1.165, 1.54) is 24.3 Å². The molecule has 1 aromatic heterocycles. The van der Waals surface area contributed by atoms with Gasteiger partial charge in [-0.3, -0.25) is 4.79 Å². The Morgan fingerprint density at radius 2 is 1.93 bits per heavy atom. The zero-order chi connectivity index (χ0) is 19.4. The Balaban J connectivity index is 1.97. The molecule has 0 aliphatic heterocycles. The van der Waals surface area contributed by atoms with Crippen LogP contribution in [0.4, 0.5) is 5.69 Å². The Labute approximate surface area is 154 Å². The van der Waals surface area contributed by atoms with Crippen molar-refractivity contribution in [2.45, 2.75) is 13.3 Å². The normalized spacial score (nSPS) is 10.6. The lowest BCUT2D eigenvalue weighted by atomic mass is 10.1. The molecule has 0 fully saturated rings. The number of carboxylic acid groups (broad SMARTS) is 1. The lowest BCUT2D eigenvalue weighted by Crippen LogP contribution is -2.21. The van der Waals surface area contributed by atoms with E-state index in [-0.39, 0.29) is 16.8 Å². The van der Waals surface area contributed by atoms with Gasteiger partial charge in [-0.1, -0.05) is 25.1 Å². The third-order valence-electron chi connectivity index (χ3n) is 3.82. The second-order valence-corrected chi connectivity index (χ2v) is 5.80. The number of ether oxygens (including phenoxy) is 1. The van der Waals surface area contributed by atoms with Crippen molar-refractivity contribution >= 4 is 28.5 Å². The molecule has 3 aromatic rings. The van der Waals surface area contributed by atoms with Crippen LogP contribution in [0.2, 0.25) is 0 Å². The third-order valence-corrected chi connectivity index (χ3v) is 3.82. The molecule has 138 valence electrons. The van der Waals surface area contributed by atoms with Gasteiger partial charge in [-0.15, -0.1) is 0 Å². The molecule has 0 unspecified atom stereocenters. The second-order valence-electron chi connectivity index (χ2n) is 5.80. The monoisotopic (exact) mass is 367 g/mol. The number of rotatable bonds is 6. The van der Waals surface area contributed by atoms with Gasteiger partial charge in [0.05, 0.1) is 17.9 Å². The van der Waals surface area contributed by atoms with Crippen LogP contribution in [-0.4, -0.2) is 23.6 Å². The second kappa shape index (κ2) is 7.74. The van der Waals surface area contributed by atoms with E-state index in [4.69, 9.17) is 9.15 Å². The molecule has 0 spiro atoms. The van der Waals surface area contributed by atoms with Gasteiger partial charge in [0.2, 0.25) is 0 Å². The molecule has 27 heavy (non-hydrogen) atoms. The van der Waals surface area contributed by atoms with Gasteiger partial charge in [0, 0.05) is 5.39 Å². The van der Waals surface area contributed by atoms with Crippen molar-refractivity contribution in [3.8, 4) is 5.75 Å². The number of carbonyl (C=O) groups excluding carboxylic acids is 1. The number of benzene rings is 2. The van der Waals surface area contributed by atoms with Crippen LogP contribution in [-0.2, 0) is 0 Å². The smallest absolute Gasteiger partial charge is 0.349 e. The molecule has 1 heterocycles. The van der Waals surface area contributed by atoms with Crippen LogP contribution in [0.5, 0.6) is 5.75 Å². The van der Waals surface area contributed by atoms with E-state index in [2.05, 4.69) is 5.32 Å². The lowest BCUT2D eigenvalue weighted by Gasteiger charge is -2.13. The molecular formula is C20H17NO6. The molecule has 0 aliphatic rings. The SMILES string of the molecule is CCCOc1ccc(C(=O)O)cc1NC(=O)c1cc2ccccc2oc1=O. The first-order chi connectivity index (χ1) is 13.0. The number of nitrogens with one attached hydrogen (secondary N) is 1. The van der Waals surface area contributed by atoms with Crippen LogP contribution in [0.1, 0.15) is 34.1 Å². The number of aromatic carboxylic acids is 1. The van der Waals surface area contributed by atoms with Crippen molar-refractivity contribution in [1.29, 1.82) is 0 Å². The minimum Gasteiger partial charge on any atom is -0.491 e. The standard InChI is InChI=1S/C20H17NO6/c1-2-9-26-17-8-7-13(19(23)24)11-15(17)21-18(22)14-10-12-5-3-4-6-16(12)27-20(14)25/h3-8,10-11H,2,9H2,1H3,(H,21,22)(H,23,24). The van der Waals surface area contributed by atoms with Crippen LogP contribution in [0.3, 0.4) is 0 Å². The van der Waals surface area contributed by atoms with Gasteiger partial charge < -0.3 is 19.6 Å². The highest BCUT2D eigenvalue weighted by Crippen LogP contribution is 2.27. The van der Waals surface area contributed by atoms with E-state index >= 15 is 0 Å². The average molecular weight is 367 g/mol. The topological polar surface area (TPSA) is 106 Å². The number of fused-ring (bicyclic) bond motifs is 1. The summed E-state index contributed by atoms with van der Waals surface area (Å²) in [6, 6.07) is 12.4. The van der Waals surface area contributed by atoms with Gasteiger partial charge in [0.1, 0.15) is 16.9 Å². The van der Waals surface area contributed by atoms with E-state index in [9.17, 15) is 19.5 Å². The fourth-order valence-corrected chi connectivity index (χ4v) is 2.51. The zero-order valence-electron chi connectivity index (χ0n) is 14.5. The Morgan fingerprint density at radius 3 is 2.67 bits per heavy atom. The molecule has 2 N–H and O–H groups in total. The van der Waals surface area contributed by atoms with E-state index in [0.29, 0.717) is 23.3 Å². The van der Waals surface area contributed by atoms with E-state index in [1.807, 2.05) is 6.92 Å². The summed E-state index contributed by atoms with van der Waals surface area (Å²) in [5.74, 6) is -1.53. The number of hydrogen-bond acceptors (Lipinski definition) is 5. The Morgan fingerprint density at radius 1 is 1.15 bits per heavy atom.